The number of nitrogens with one attached hydrogen (secondary N) is 1. The number of carbonyl (C=O) groups excluding carboxylic acids is 2. The second-order valence-electron chi connectivity index (χ2n) is 5.06. The van der Waals surface area contributed by atoms with E-state index in [1.807, 2.05) is 6.07 Å². The number of carbonyl (C=O) groups is 2. The summed E-state index contributed by atoms with van der Waals surface area (Å²) in [6.07, 6.45) is 0. The quantitative estimate of drug-likeness (QED) is 0.720. The number of methoxy groups -OCH3 is 2. The fourth-order valence-electron chi connectivity index (χ4n) is 2.39. The van der Waals surface area contributed by atoms with Crippen molar-refractivity contribution in [2.45, 2.75) is 0 Å². The Morgan fingerprint density at radius 1 is 1.48 bits per heavy atom. The first-order chi connectivity index (χ1) is 12.0. The molecule has 0 aliphatic carbocycles. The molecule has 0 unspecified atom stereocenters. The zero-order valence-electron chi connectivity index (χ0n) is 13.6. The summed E-state index contributed by atoms with van der Waals surface area (Å²) in [7, 11) is 2.62. The molecule has 2 N–H and O–H groups in total. The molecule has 9 heteroatoms. The van der Waals surface area contributed by atoms with Crippen LogP contribution < -0.4 is 10.1 Å². The van der Waals surface area contributed by atoms with Crippen LogP contribution in [-0.4, -0.2) is 55.8 Å². The lowest BCUT2D eigenvalue weighted by atomic mass is 10.1. The Bertz CT molecular complexity index is 785. The van der Waals surface area contributed by atoms with Crippen LogP contribution in [0, 0.1) is 11.3 Å². The highest BCUT2D eigenvalue weighted by molar-refractivity contribution is 6.32. The van der Waals surface area contributed by atoms with E-state index in [1.54, 1.807) is 0 Å². The standard InChI is InChI=1S/C16H16ClN3O5/c1-24-13-6-12(9(7-18)5-11(13)17)19-14-10(16(23)25-2)8-20(3-4-21)15(14)22/h5-6,19,21H,3-4,8H2,1-2H3. The summed E-state index contributed by atoms with van der Waals surface area (Å²) in [5.74, 6) is -0.843. The van der Waals surface area contributed by atoms with Crippen LogP contribution in [0.4, 0.5) is 5.69 Å². The predicted octanol–water partition coefficient (Wildman–Crippen LogP) is 0.894. The number of amides is 1. The lowest BCUT2D eigenvalue weighted by Gasteiger charge is -2.15. The first-order valence-corrected chi connectivity index (χ1v) is 7.60. The maximum atomic E-state index is 12.5. The minimum atomic E-state index is -0.671. The molecule has 1 amide bonds. The molecule has 0 radical (unpaired) electrons. The molecule has 132 valence electrons. The van der Waals surface area contributed by atoms with Crippen LogP contribution in [0.3, 0.4) is 0 Å². The molecule has 1 aromatic rings. The number of rotatable bonds is 6. The number of ether oxygens (including phenoxy) is 2. The van der Waals surface area contributed by atoms with Gasteiger partial charge < -0.3 is 24.8 Å². The maximum Gasteiger partial charge on any atom is 0.337 e. The van der Waals surface area contributed by atoms with Gasteiger partial charge in [-0.2, -0.15) is 5.26 Å². The van der Waals surface area contributed by atoms with Crippen molar-refractivity contribution >= 4 is 29.2 Å². The van der Waals surface area contributed by atoms with Gasteiger partial charge in [0.2, 0.25) is 0 Å². The topological polar surface area (TPSA) is 112 Å². The van der Waals surface area contributed by atoms with Crippen LogP contribution in [0.2, 0.25) is 5.02 Å². The highest BCUT2D eigenvalue weighted by Crippen LogP contribution is 2.33. The number of hydrogen-bond donors (Lipinski definition) is 2. The third-order valence-corrected chi connectivity index (χ3v) is 3.92. The van der Waals surface area contributed by atoms with Gasteiger partial charge in [-0.25, -0.2) is 4.79 Å². The van der Waals surface area contributed by atoms with Gasteiger partial charge in [-0.1, -0.05) is 11.6 Å². The van der Waals surface area contributed by atoms with E-state index in [2.05, 4.69) is 5.32 Å². The van der Waals surface area contributed by atoms with E-state index >= 15 is 0 Å². The Labute approximate surface area is 149 Å². The first kappa shape index (κ1) is 18.6. The Balaban J connectivity index is 2.47. The summed E-state index contributed by atoms with van der Waals surface area (Å²) in [5, 5.41) is 21.4. The minimum absolute atomic E-state index is 0.00100. The summed E-state index contributed by atoms with van der Waals surface area (Å²) in [5.41, 5.74) is 0.537. The lowest BCUT2D eigenvalue weighted by molar-refractivity contribution is -0.136. The second-order valence-corrected chi connectivity index (χ2v) is 5.47. The number of benzene rings is 1. The number of nitriles is 1. The van der Waals surface area contributed by atoms with Crippen molar-refractivity contribution < 1.29 is 24.2 Å². The number of aliphatic hydroxyl groups is 1. The van der Waals surface area contributed by atoms with Crippen molar-refractivity contribution in [3.63, 3.8) is 0 Å². The summed E-state index contributed by atoms with van der Waals surface area (Å²) >= 11 is 6.00. The molecule has 8 nitrogen and oxygen atoms in total. The highest BCUT2D eigenvalue weighted by Gasteiger charge is 2.34. The molecule has 0 bridgehead atoms. The summed E-state index contributed by atoms with van der Waals surface area (Å²) in [6, 6.07) is 4.82. The third-order valence-electron chi connectivity index (χ3n) is 3.63. The predicted molar refractivity (Wildman–Crippen MR) is 89.0 cm³/mol. The number of esters is 1. The van der Waals surface area contributed by atoms with Gasteiger partial charge in [0.05, 0.1) is 49.2 Å². The normalized spacial score (nSPS) is 13.7. The van der Waals surface area contributed by atoms with E-state index in [1.165, 1.54) is 31.3 Å². The van der Waals surface area contributed by atoms with Gasteiger partial charge in [0.1, 0.15) is 17.5 Å². The van der Waals surface area contributed by atoms with Gasteiger partial charge in [-0.05, 0) is 6.07 Å². The van der Waals surface area contributed by atoms with E-state index in [9.17, 15) is 14.9 Å². The van der Waals surface area contributed by atoms with Crippen molar-refractivity contribution in [2.75, 3.05) is 39.2 Å². The molecule has 0 aromatic heterocycles. The number of aliphatic hydroxyl groups excluding tert-OH is 1. The minimum Gasteiger partial charge on any atom is -0.495 e. The molecule has 0 saturated carbocycles. The number of β-amino-alcohol motifs (C(OH)–C–C–N with tert-alkyl or cyclic N) is 1. The van der Waals surface area contributed by atoms with Gasteiger partial charge in [0, 0.05) is 12.6 Å². The molecule has 1 aliphatic heterocycles. The molecule has 0 saturated heterocycles. The molecule has 1 heterocycles. The van der Waals surface area contributed by atoms with E-state index in [-0.39, 0.29) is 47.2 Å². The Hall–Kier alpha value is -2.76. The monoisotopic (exact) mass is 365 g/mol. The van der Waals surface area contributed by atoms with E-state index in [0.29, 0.717) is 5.75 Å². The fraction of sp³-hybridized carbons (Fsp3) is 0.312. The lowest BCUT2D eigenvalue weighted by Crippen LogP contribution is -2.31. The molecule has 25 heavy (non-hydrogen) atoms. The maximum absolute atomic E-state index is 12.5. The number of anilines is 1. The first-order valence-electron chi connectivity index (χ1n) is 7.23. The van der Waals surface area contributed by atoms with Gasteiger partial charge in [-0.15, -0.1) is 0 Å². The molecular formula is C16H16ClN3O5. The number of hydrogen-bond acceptors (Lipinski definition) is 7. The van der Waals surface area contributed by atoms with Crippen LogP contribution >= 0.6 is 11.6 Å². The van der Waals surface area contributed by atoms with Crippen molar-refractivity contribution in [2.24, 2.45) is 0 Å². The van der Waals surface area contributed by atoms with E-state index in [0.717, 1.165) is 0 Å². The second kappa shape index (κ2) is 7.88. The van der Waals surface area contributed by atoms with E-state index < -0.39 is 11.9 Å². The van der Waals surface area contributed by atoms with E-state index in [4.69, 9.17) is 26.2 Å². The number of nitrogens with zero attached hydrogens (tertiary/aromatic N) is 2. The molecule has 2 rings (SSSR count). The van der Waals surface area contributed by atoms with Gasteiger partial charge >= 0.3 is 5.97 Å². The summed E-state index contributed by atoms with van der Waals surface area (Å²) < 4.78 is 9.82. The average Bonchev–Trinajstić information content (AvgIpc) is 2.92. The van der Waals surface area contributed by atoms with Crippen molar-refractivity contribution in [3.8, 4) is 11.8 Å². The Morgan fingerprint density at radius 2 is 2.20 bits per heavy atom. The molecule has 0 fully saturated rings. The largest absolute Gasteiger partial charge is 0.495 e. The van der Waals surface area contributed by atoms with Crippen molar-refractivity contribution in [1.82, 2.24) is 4.90 Å². The Morgan fingerprint density at radius 3 is 2.76 bits per heavy atom. The molecule has 0 spiro atoms. The highest BCUT2D eigenvalue weighted by atomic mass is 35.5. The van der Waals surface area contributed by atoms with Crippen LogP contribution in [0.15, 0.2) is 23.4 Å². The van der Waals surface area contributed by atoms with Gasteiger partial charge in [-0.3, -0.25) is 4.79 Å². The number of halogens is 1. The summed E-state index contributed by atoms with van der Waals surface area (Å²) in [6.45, 7) is -0.174. The molecule has 1 aromatic carbocycles. The summed E-state index contributed by atoms with van der Waals surface area (Å²) in [4.78, 5) is 25.8. The molecule has 1 aliphatic rings. The molecule has 0 atom stereocenters. The van der Waals surface area contributed by atoms with Crippen LogP contribution in [-0.2, 0) is 14.3 Å². The smallest absolute Gasteiger partial charge is 0.337 e. The van der Waals surface area contributed by atoms with Crippen molar-refractivity contribution in [3.05, 3.63) is 34.0 Å². The SMILES string of the molecule is COC(=O)C1=C(Nc2cc(OC)c(Cl)cc2C#N)C(=O)N(CCO)C1. The zero-order valence-corrected chi connectivity index (χ0v) is 14.4. The average molecular weight is 366 g/mol. The van der Waals surface area contributed by atoms with Crippen LogP contribution in [0.25, 0.3) is 0 Å². The zero-order chi connectivity index (χ0) is 18.6. The fourth-order valence-corrected chi connectivity index (χ4v) is 2.63. The van der Waals surface area contributed by atoms with Crippen LogP contribution in [0.1, 0.15) is 5.56 Å². The molecular weight excluding hydrogens is 350 g/mol. The third kappa shape index (κ3) is 3.68. The Kier molecular flexibility index (Phi) is 5.85. The van der Waals surface area contributed by atoms with Crippen molar-refractivity contribution in [1.29, 1.82) is 5.26 Å². The van der Waals surface area contributed by atoms with Gasteiger partial charge in [0.25, 0.3) is 5.91 Å². The van der Waals surface area contributed by atoms with Crippen LogP contribution in [0.5, 0.6) is 5.75 Å². The van der Waals surface area contributed by atoms with Gasteiger partial charge in [0.15, 0.2) is 0 Å².